The van der Waals surface area contributed by atoms with Gasteiger partial charge in [0.05, 0.1) is 7.11 Å². The molecule has 0 atom stereocenters. The van der Waals surface area contributed by atoms with Crippen molar-refractivity contribution in [2.75, 3.05) is 19.0 Å². The first kappa shape index (κ1) is 15.9. The molecule has 0 spiro atoms. The molecule has 0 saturated heterocycles. The van der Waals surface area contributed by atoms with E-state index in [0.717, 1.165) is 24.4 Å². The number of nitrogens with zero attached hydrogens (tertiary/aromatic N) is 2. The van der Waals surface area contributed by atoms with Gasteiger partial charge in [0.2, 0.25) is 0 Å². The molecule has 0 saturated carbocycles. The van der Waals surface area contributed by atoms with Gasteiger partial charge >= 0.3 is 0 Å². The van der Waals surface area contributed by atoms with E-state index in [-0.39, 0.29) is 0 Å². The van der Waals surface area contributed by atoms with Crippen molar-refractivity contribution in [1.29, 1.82) is 0 Å². The molecule has 3 rings (SSSR count). The average molecular weight is 322 g/mol. The SMILES string of the molecule is COc1ccc(NC(N)=NCCCn2ccc3ccccc32)cc1. The van der Waals surface area contributed by atoms with E-state index in [1.165, 1.54) is 10.9 Å². The van der Waals surface area contributed by atoms with Gasteiger partial charge in [0.1, 0.15) is 5.75 Å². The zero-order valence-corrected chi connectivity index (χ0v) is 13.8. The fourth-order valence-corrected chi connectivity index (χ4v) is 2.64. The summed E-state index contributed by atoms with van der Waals surface area (Å²) in [6, 6.07) is 18.1. The molecule has 124 valence electrons. The number of rotatable bonds is 6. The van der Waals surface area contributed by atoms with E-state index in [1.807, 2.05) is 24.3 Å². The summed E-state index contributed by atoms with van der Waals surface area (Å²) in [5.41, 5.74) is 8.08. The molecule has 0 bridgehead atoms. The lowest BCUT2D eigenvalue weighted by Crippen LogP contribution is -2.22. The van der Waals surface area contributed by atoms with Crippen molar-refractivity contribution in [2.24, 2.45) is 10.7 Å². The number of guanidine groups is 1. The number of benzene rings is 2. The van der Waals surface area contributed by atoms with Gasteiger partial charge in [-0.3, -0.25) is 4.99 Å². The highest BCUT2D eigenvalue weighted by Crippen LogP contribution is 2.16. The van der Waals surface area contributed by atoms with Crippen LogP contribution >= 0.6 is 0 Å². The Bertz CT molecular complexity index is 821. The van der Waals surface area contributed by atoms with Crippen LogP contribution in [0.3, 0.4) is 0 Å². The molecule has 0 aliphatic heterocycles. The lowest BCUT2D eigenvalue weighted by atomic mass is 10.2. The minimum atomic E-state index is 0.428. The largest absolute Gasteiger partial charge is 0.497 e. The fourth-order valence-electron chi connectivity index (χ4n) is 2.64. The molecule has 24 heavy (non-hydrogen) atoms. The monoisotopic (exact) mass is 322 g/mol. The van der Waals surface area contributed by atoms with Gasteiger partial charge < -0.3 is 20.4 Å². The highest BCUT2D eigenvalue weighted by molar-refractivity contribution is 5.92. The van der Waals surface area contributed by atoms with Crippen molar-refractivity contribution in [2.45, 2.75) is 13.0 Å². The van der Waals surface area contributed by atoms with Gasteiger partial charge in [-0.2, -0.15) is 0 Å². The Hall–Kier alpha value is -2.95. The molecule has 5 nitrogen and oxygen atoms in total. The number of hydrogen-bond donors (Lipinski definition) is 2. The van der Waals surface area contributed by atoms with Crippen LogP contribution in [-0.4, -0.2) is 24.2 Å². The van der Waals surface area contributed by atoms with Crippen LogP contribution in [0.4, 0.5) is 5.69 Å². The van der Waals surface area contributed by atoms with Gasteiger partial charge in [0, 0.05) is 30.5 Å². The van der Waals surface area contributed by atoms with Crippen molar-refractivity contribution < 1.29 is 4.74 Å². The van der Waals surface area contributed by atoms with Crippen LogP contribution in [0.5, 0.6) is 5.75 Å². The van der Waals surface area contributed by atoms with Gasteiger partial charge in [-0.25, -0.2) is 0 Å². The number of nitrogens with one attached hydrogen (secondary N) is 1. The molecule has 2 aromatic carbocycles. The Balaban J connectivity index is 1.50. The standard InChI is InChI=1S/C19H22N4O/c1-24-17-9-7-16(8-10-17)22-19(20)21-12-4-13-23-14-11-15-5-2-3-6-18(15)23/h2-3,5-11,14H,4,12-13H2,1H3,(H3,20,21,22). The first-order chi connectivity index (χ1) is 11.8. The summed E-state index contributed by atoms with van der Waals surface area (Å²) in [6.45, 7) is 1.61. The summed E-state index contributed by atoms with van der Waals surface area (Å²) in [5, 5.41) is 4.35. The first-order valence-electron chi connectivity index (χ1n) is 8.01. The zero-order valence-electron chi connectivity index (χ0n) is 13.8. The van der Waals surface area contributed by atoms with Crippen LogP contribution in [0.1, 0.15) is 6.42 Å². The molecule has 0 unspecified atom stereocenters. The number of anilines is 1. The maximum Gasteiger partial charge on any atom is 0.193 e. The zero-order chi connectivity index (χ0) is 16.8. The third kappa shape index (κ3) is 3.87. The van der Waals surface area contributed by atoms with E-state index >= 15 is 0 Å². The van der Waals surface area contributed by atoms with Crippen LogP contribution < -0.4 is 15.8 Å². The predicted molar refractivity (Wildman–Crippen MR) is 99.7 cm³/mol. The summed E-state index contributed by atoms with van der Waals surface area (Å²) < 4.78 is 7.38. The highest BCUT2D eigenvalue weighted by atomic mass is 16.5. The maximum atomic E-state index is 5.93. The molecular formula is C19H22N4O. The van der Waals surface area contributed by atoms with Crippen LogP contribution in [0.2, 0.25) is 0 Å². The molecule has 0 amide bonds. The van der Waals surface area contributed by atoms with E-state index in [4.69, 9.17) is 10.5 Å². The number of nitrogens with two attached hydrogens (primary N) is 1. The number of methoxy groups -OCH3 is 1. The van der Waals surface area contributed by atoms with Gasteiger partial charge in [-0.05, 0) is 48.2 Å². The Morgan fingerprint density at radius 1 is 1.12 bits per heavy atom. The Kier molecular flexibility index (Phi) is 5.01. The maximum absolute atomic E-state index is 5.93. The third-order valence-corrected chi connectivity index (χ3v) is 3.88. The Morgan fingerprint density at radius 3 is 2.71 bits per heavy atom. The number of aliphatic imine (C=N–C) groups is 1. The van der Waals surface area contributed by atoms with Crippen LogP contribution in [0, 0.1) is 0 Å². The quantitative estimate of drug-likeness (QED) is 0.415. The molecular weight excluding hydrogens is 300 g/mol. The topological polar surface area (TPSA) is 64.6 Å². The van der Waals surface area contributed by atoms with Crippen molar-refractivity contribution in [3.8, 4) is 5.75 Å². The first-order valence-corrected chi connectivity index (χ1v) is 8.01. The van der Waals surface area contributed by atoms with Crippen LogP contribution in [-0.2, 0) is 6.54 Å². The van der Waals surface area contributed by atoms with Crippen LogP contribution in [0.25, 0.3) is 10.9 Å². The van der Waals surface area contributed by atoms with Crippen LogP contribution in [0.15, 0.2) is 65.8 Å². The van der Waals surface area contributed by atoms with E-state index < -0.39 is 0 Å². The number of ether oxygens (including phenoxy) is 1. The minimum Gasteiger partial charge on any atom is -0.497 e. The molecule has 1 heterocycles. The van der Waals surface area contributed by atoms with E-state index in [0.29, 0.717) is 12.5 Å². The molecule has 0 radical (unpaired) electrons. The summed E-state index contributed by atoms with van der Waals surface area (Å²) in [7, 11) is 1.65. The molecule has 0 aliphatic rings. The van der Waals surface area contributed by atoms with E-state index in [1.54, 1.807) is 7.11 Å². The number of fused-ring (bicyclic) bond motifs is 1. The normalized spacial score (nSPS) is 11.6. The summed E-state index contributed by atoms with van der Waals surface area (Å²) >= 11 is 0. The molecule has 0 aliphatic carbocycles. The van der Waals surface area contributed by atoms with Gasteiger partial charge in [-0.1, -0.05) is 18.2 Å². The lowest BCUT2D eigenvalue weighted by Gasteiger charge is -2.07. The molecule has 0 fully saturated rings. The Labute approximate surface area is 141 Å². The smallest absolute Gasteiger partial charge is 0.193 e. The second-order valence-corrected chi connectivity index (χ2v) is 5.54. The summed E-state index contributed by atoms with van der Waals surface area (Å²) in [6.07, 6.45) is 3.05. The molecule has 5 heteroatoms. The van der Waals surface area contributed by atoms with Crippen molar-refractivity contribution in [3.05, 3.63) is 60.8 Å². The number of para-hydroxylation sites is 1. The summed E-state index contributed by atoms with van der Waals surface area (Å²) in [4.78, 5) is 4.38. The minimum absolute atomic E-state index is 0.428. The molecule has 3 aromatic rings. The third-order valence-electron chi connectivity index (χ3n) is 3.88. The molecule has 3 N–H and O–H groups in total. The lowest BCUT2D eigenvalue weighted by molar-refractivity contribution is 0.415. The molecule has 1 aromatic heterocycles. The highest BCUT2D eigenvalue weighted by Gasteiger charge is 2.00. The van der Waals surface area contributed by atoms with Gasteiger partial charge in [0.25, 0.3) is 0 Å². The van der Waals surface area contributed by atoms with Crippen molar-refractivity contribution in [3.63, 3.8) is 0 Å². The van der Waals surface area contributed by atoms with Crippen molar-refractivity contribution >= 4 is 22.5 Å². The Morgan fingerprint density at radius 2 is 1.92 bits per heavy atom. The fraction of sp³-hybridized carbons (Fsp3) is 0.211. The van der Waals surface area contributed by atoms with Gasteiger partial charge in [0.15, 0.2) is 5.96 Å². The van der Waals surface area contributed by atoms with E-state index in [2.05, 4.69) is 51.4 Å². The second-order valence-electron chi connectivity index (χ2n) is 5.54. The average Bonchev–Trinajstić information content (AvgIpc) is 3.03. The second kappa shape index (κ2) is 7.55. The predicted octanol–water partition coefficient (Wildman–Crippen LogP) is 3.47. The number of hydrogen-bond acceptors (Lipinski definition) is 2. The van der Waals surface area contributed by atoms with Crippen molar-refractivity contribution in [1.82, 2.24) is 4.57 Å². The summed E-state index contributed by atoms with van der Waals surface area (Å²) in [5.74, 6) is 1.24. The number of aryl methyl sites for hydroxylation is 1. The number of aromatic nitrogens is 1. The van der Waals surface area contributed by atoms with Gasteiger partial charge in [-0.15, -0.1) is 0 Å². The van der Waals surface area contributed by atoms with E-state index in [9.17, 15) is 0 Å².